The molecule has 1 amide bonds. The largest absolute Gasteiger partial charge is 0.323 e. The number of carbonyl (C=O) groups excluding carboxylic acids is 1. The van der Waals surface area contributed by atoms with Gasteiger partial charge in [-0.1, -0.05) is 0 Å². The summed E-state index contributed by atoms with van der Waals surface area (Å²) in [5, 5.41) is 21.7. The lowest BCUT2D eigenvalue weighted by molar-refractivity contribution is -0.385. The van der Waals surface area contributed by atoms with E-state index >= 15 is 0 Å². The van der Waals surface area contributed by atoms with Gasteiger partial charge in [-0.25, -0.2) is 0 Å². The van der Waals surface area contributed by atoms with Crippen molar-refractivity contribution in [3.05, 3.63) is 33.9 Å². The summed E-state index contributed by atoms with van der Waals surface area (Å²) in [5.74, 6) is -0.186. The van der Waals surface area contributed by atoms with E-state index in [-0.39, 0.29) is 24.6 Å². The number of nitrogens with zero attached hydrogens (tertiary/aromatic N) is 5. The third-order valence-corrected chi connectivity index (χ3v) is 3.36. The Labute approximate surface area is 127 Å². The Kier molecular flexibility index (Phi) is 4.54. The first-order chi connectivity index (χ1) is 10.4. The number of rotatable bonds is 6. The molecule has 0 aliphatic rings. The van der Waals surface area contributed by atoms with Gasteiger partial charge in [0, 0.05) is 19.5 Å². The summed E-state index contributed by atoms with van der Waals surface area (Å²) in [6.07, 6.45) is 3.12. The van der Waals surface area contributed by atoms with Crippen molar-refractivity contribution in [2.24, 2.45) is 0 Å². The van der Waals surface area contributed by atoms with Crippen LogP contribution in [0.3, 0.4) is 0 Å². The number of anilines is 1. The average molecular weight is 306 g/mol. The number of aromatic nitrogens is 4. The molecule has 118 valence electrons. The van der Waals surface area contributed by atoms with E-state index in [0.29, 0.717) is 11.4 Å². The number of aryl methyl sites for hydroxylation is 3. The van der Waals surface area contributed by atoms with Gasteiger partial charge in [-0.05, 0) is 20.8 Å². The van der Waals surface area contributed by atoms with E-state index < -0.39 is 4.92 Å². The molecule has 0 aliphatic carbocycles. The molecule has 2 aromatic heterocycles. The molecule has 2 aromatic rings. The van der Waals surface area contributed by atoms with Gasteiger partial charge >= 0.3 is 5.69 Å². The van der Waals surface area contributed by atoms with Crippen molar-refractivity contribution < 1.29 is 9.72 Å². The van der Waals surface area contributed by atoms with Gasteiger partial charge in [-0.3, -0.25) is 24.3 Å². The second kappa shape index (κ2) is 6.37. The molecule has 0 bridgehead atoms. The van der Waals surface area contributed by atoms with Crippen LogP contribution in [-0.4, -0.2) is 30.4 Å². The maximum atomic E-state index is 11.9. The van der Waals surface area contributed by atoms with Gasteiger partial charge in [0.05, 0.1) is 22.5 Å². The maximum Gasteiger partial charge on any atom is 0.309 e. The minimum absolute atomic E-state index is 0.0412. The quantitative estimate of drug-likeness (QED) is 0.645. The molecule has 9 heteroatoms. The summed E-state index contributed by atoms with van der Waals surface area (Å²) in [6.45, 7) is 6.43. The van der Waals surface area contributed by atoms with E-state index in [0.717, 1.165) is 12.2 Å². The lowest BCUT2D eigenvalue weighted by Crippen LogP contribution is -2.15. The standard InChI is InChI=1S/C13H18N6O3/c1-4-18-10(3)11(7-14-18)15-13(20)5-6-17-8-12(19(21)22)9(2)16-17/h7-8H,4-6H2,1-3H3,(H,15,20). The fraction of sp³-hybridized carbons (Fsp3) is 0.462. The first-order valence-electron chi connectivity index (χ1n) is 6.93. The van der Waals surface area contributed by atoms with Crippen LogP contribution < -0.4 is 5.32 Å². The molecule has 2 rings (SSSR count). The smallest absolute Gasteiger partial charge is 0.309 e. The van der Waals surface area contributed by atoms with Crippen LogP contribution >= 0.6 is 0 Å². The van der Waals surface area contributed by atoms with E-state index in [2.05, 4.69) is 15.5 Å². The molecule has 22 heavy (non-hydrogen) atoms. The van der Waals surface area contributed by atoms with E-state index in [1.807, 2.05) is 13.8 Å². The second-order valence-electron chi connectivity index (χ2n) is 4.88. The van der Waals surface area contributed by atoms with Crippen molar-refractivity contribution in [2.45, 2.75) is 40.3 Å². The summed E-state index contributed by atoms with van der Waals surface area (Å²) < 4.78 is 3.20. The molecular formula is C13H18N6O3. The molecule has 0 unspecified atom stereocenters. The molecule has 0 spiro atoms. The highest BCUT2D eigenvalue weighted by Gasteiger charge is 2.16. The van der Waals surface area contributed by atoms with Crippen molar-refractivity contribution >= 4 is 17.3 Å². The first-order valence-corrected chi connectivity index (χ1v) is 6.93. The van der Waals surface area contributed by atoms with E-state index in [1.54, 1.807) is 17.8 Å². The van der Waals surface area contributed by atoms with Crippen LogP contribution in [0.2, 0.25) is 0 Å². The van der Waals surface area contributed by atoms with Gasteiger partial charge in [-0.2, -0.15) is 10.2 Å². The Morgan fingerprint density at radius 2 is 2.18 bits per heavy atom. The van der Waals surface area contributed by atoms with Crippen molar-refractivity contribution in [2.75, 3.05) is 5.32 Å². The summed E-state index contributed by atoms with van der Waals surface area (Å²) in [5.41, 5.74) is 1.86. The molecule has 2 heterocycles. The minimum Gasteiger partial charge on any atom is -0.323 e. The molecule has 0 aliphatic heterocycles. The molecule has 0 aromatic carbocycles. The predicted octanol–water partition coefficient (Wildman–Crippen LogP) is 1.65. The van der Waals surface area contributed by atoms with Gasteiger partial charge in [0.25, 0.3) is 0 Å². The van der Waals surface area contributed by atoms with Gasteiger partial charge in [-0.15, -0.1) is 0 Å². The molecule has 0 saturated heterocycles. The number of nitrogens with one attached hydrogen (secondary N) is 1. The van der Waals surface area contributed by atoms with Crippen LogP contribution in [0.25, 0.3) is 0 Å². The molecule has 1 N–H and O–H groups in total. The molecule has 0 radical (unpaired) electrons. The van der Waals surface area contributed by atoms with Crippen LogP contribution in [-0.2, 0) is 17.9 Å². The number of nitro groups is 1. The lowest BCUT2D eigenvalue weighted by Gasteiger charge is -2.05. The highest BCUT2D eigenvalue weighted by molar-refractivity contribution is 5.91. The van der Waals surface area contributed by atoms with Crippen LogP contribution in [0.15, 0.2) is 12.4 Å². The van der Waals surface area contributed by atoms with Crippen LogP contribution in [0, 0.1) is 24.0 Å². The monoisotopic (exact) mass is 306 g/mol. The Balaban J connectivity index is 1.94. The first kappa shape index (κ1) is 15.7. The normalized spacial score (nSPS) is 10.7. The topological polar surface area (TPSA) is 108 Å². The SMILES string of the molecule is CCn1ncc(NC(=O)CCn2cc([N+](=O)[O-])c(C)n2)c1C. The molecule has 9 nitrogen and oxygen atoms in total. The average Bonchev–Trinajstić information content (AvgIpc) is 3.00. The summed E-state index contributed by atoms with van der Waals surface area (Å²) in [7, 11) is 0. The van der Waals surface area contributed by atoms with Gasteiger partial charge < -0.3 is 5.32 Å². The van der Waals surface area contributed by atoms with Gasteiger partial charge in [0.2, 0.25) is 5.91 Å². The number of amides is 1. The molecule has 0 atom stereocenters. The zero-order valence-corrected chi connectivity index (χ0v) is 12.7. The zero-order chi connectivity index (χ0) is 16.3. The molecule has 0 saturated carbocycles. The van der Waals surface area contributed by atoms with E-state index in [9.17, 15) is 14.9 Å². The summed E-state index contributed by atoms with van der Waals surface area (Å²) >= 11 is 0. The number of carbonyl (C=O) groups is 1. The van der Waals surface area contributed by atoms with Gasteiger partial charge in [0.15, 0.2) is 0 Å². The fourth-order valence-electron chi connectivity index (χ4n) is 2.12. The second-order valence-corrected chi connectivity index (χ2v) is 4.88. The lowest BCUT2D eigenvalue weighted by atomic mass is 10.3. The Hall–Kier alpha value is -2.71. The van der Waals surface area contributed by atoms with Crippen molar-refractivity contribution in [1.29, 1.82) is 0 Å². The minimum atomic E-state index is -0.485. The third kappa shape index (κ3) is 3.30. The number of hydrogen-bond donors (Lipinski definition) is 1. The summed E-state index contributed by atoms with van der Waals surface area (Å²) in [6, 6.07) is 0. The summed E-state index contributed by atoms with van der Waals surface area (Å²) in [4.78, 5) is 22.2. The van der Waals surface area contributed by atoms with Gasteiger partial charge in [0.1, 0.15) is 11.9 Å². The van der Waals surface area contributed by atoms with Crippen molar-refractivity contribution in [3.8, 4) is 0 Å². The molecule has 0 fully saturated rings. The predicted molar refractivity (Wildman–Crippen MR) is 79.5 cm³/mol. The third-order valence-electron chi connectivity index (χ3n) is 3.36. The Bertz CT molecular complexity index is 703. The van der Waals surface area contributed by atoms with E-state index in [4.69, 9.17) is 0 Å². The Morgan fingerprint density at radius 3 is 2.73 bits per heavy atom. The zero-order valence-electron chi connectivity index (χ0n) is 12.7. The van der Waals surface area contributed by atoms with Crippen LogP contribution in [0.4, 0.5) is 11.4 Å². The van der Waals surface area contributed by atoms with Crippen LogP contribution in [0.5, 0.6) is 0 Å². The van der Waals surface area contributed by atoms with Crippen molar-refractivity contribution in [1.82, 2.24) is 19.6 Å². The van der Waals surface area contributed by atoms with Crippen molar-refractivity contribution in [3.63, 3.8) is 0 Å². The van der Waals surface area contributed by atoms with Crippen LogP contribution in [0.1, 0.15) is 24.7 Å². The highest BCUT2D eigenvalue weighted by atomic mass is 16.6. The maximum absolute atomic E-state index is 11.9. The highest BCUT2D eigenvalue weighted by Crippen LogP contribution is 2.16. The molecular weight excluding hydrogens is 288 g/mol. The number of hydrogen-bond acceptors (Lipinski definition) is 5. The van der Waals surface area contributed by atoms with E-state index in [1.165, 1.54) is 10.9 Å². The Morgan fingerprint density at radius 1 is 1.45 bits per heavy atom. The fourth-order valence-corrected chi connectivity index (χ4v) is 2.12.